The number of halogens is 1. The summed E-state index contributed by atoms with van der Waals surface area (Å²) in [6, 6.07) is 12.1. The van der Waals surface area contributed by atoms with Gasteiger partial charge in [-0.15, -0.1) is 0 Å². The van der Waals surface area contributed by atoms with Gasteiger partial charge in [-0.25, -0.2) is 4.39 Å². The molecular weight excluding hydrogens is 267 g/mol. The van der Waals surface area contributed by atoms with E-state index in [0.29, 0.717) is 0 Å². The number of benzene rings is 2. The highest BCUT2D eigenvalue weighted by Gasteiger charge is 2.18. The molecule has 0 spiro atoms. The van der Waals surface area contributed by atoms with Gasteiger partial charge in [-0.2, -0.15) is 0 Å². The SMILES string of the molecule is CCN(c1ccc(F)cc1)c1cccc(OC)c1C(C)N. The average Bonchev–Trinajstić information content (AvgIpc) is 2.49. The Hall–Kier alpha value is -2.07. The molecule has 0 bridgehead atoms. The number of methoxy groups -OCH3 is 1. The van der Waals surface area contributed by atoms with Gasteiger partial charge in [0.15, 0.2) is 0 Å². The lowest BCUT2D eigenvalue weighted by atomic mass is 10.0. The van der Waals surface area contributed by atoms with E-state index in [1.807, 2.05) is 32.0 Å². The van der Waals surface area contributed by atoms with E-state index in [9.17, 15) is 4.39 Å². The minimum atomic E-state index is -0.243. The van der Waals surface area contributed by atoms with Gasteiger partial charge in [0.25, 0.3) is 0 Å². The molecule has 0 aliphatic heterocycles. The third-order valence-corrected chi connectivity index (χ3v) is 3.46. The molecular formula is C17H21FN2O. The zero-order chi connectivity index (χ0) is 15.4. The van der Waals surface area contributed by atoms with E-state index in [1.54, 1.807) is 19.2 Å². The Morgan fingerprint density at radius 1 is 1.19 bits per heavy atom. The second-order valence-corrected chi connectivity index (χ2v) is 4.90. The monoisotopic (exact) mass is 288 g/mol. The highest BCUT2D eigenvalue weighted by molar-refractivity contribution is 5.69. The molecule has 0 saturated heterocycles. The van der Waals surface area contributed by atoms with Crippen LogP contribution < -0.4 is 15.4 Å². The number of hydrogen-bond acceptors (Lipinski definition) is 3. The number of ether oxygens (including phenoxy) is 1. The van der Waals surface area contributed by atoms with Crippen molar-refractivity contribution in [3.05, 3.63) is 53.8 Å². The predicted molar refractivity (Wildman–Crippen MR) is 84.7 cm³/mol. The Labute approximate surface area is 125 Å². The molecule has 0 aliphatic rings. The molecule has 0 heterocycles. The number of hydrogen-bond donors (Lipinski definition) is 1. The fraction of sp³-hybridized carbons (Fsp3) is 0.294. The van der Waals surface area contributed by atoms with Gasteiger partial charge < -0.3 is 15.4 Å². The van der Waals surface area contributed by atoms with Crippen LogP contribution in [0.3, 0.4) is 0 Å². The van der Waals surface area contributed by atoms with Crippen LogP contribution >= 0.6 is 0 Å². The zero-order valence-electron chi connectivity index (χ0n) is 12.6. The molecule has 2 N–H and O–H groups in total. The molecule has 0 amide bonds. The van der Waals surface area contributed by atoms with Crippen LogP contribution in [0.5, 0.6) is 5.75 Å². The van der Waals surface area contributed by atoms with E-state index in [4.69, 9.17) is 10.5 Å². The van der Waals surface area contributed by atoms with Crippen molar-refractivity contribution in [1.29, 1.82) is 0 Å². The van der Waals surface area contributed by atoms with E-state index >= 15 is 0 Å². The molecule has 2 aromatic rings. The van der Waals surface area contributed by atoms with Crippen molar-refractivity contribution in [1.82, 2.24) is 0 Å². The quantitative estimate of drug-likeness (QED) is 0.903. The molecule has 2 aromatic carbocycles. The van der Waals surface area contributed by atoms with Gasteiger partial charge in [0.1, 0.15) is 11.6 Å². The fourth-order valence-electron chi connectivity index (χ4n) is 2.52. The van der Waals surface area contributed by atoms with Gasteiger partial charge in [0.2, 0.25) is 0 Å². The van der Waals surface area contributed by atoms with Crippen molar-refractivity contribution in [2.75, 3.05) is 18.6 Å². The first kappa shape index (κ1) is 15.3. The summed E-state index contributed by atoms with van der Waals surface area (Å²) in [5.41, 5.74) is 8.98. The molecule has 1 unspecified atom stereocenters. The van der Waals surface area contributed by atoms with Gasteiger partial charge in [0, 0.05) is 29.5 Å². The third kappa shape index (κ3) is 3.16. The van der Waals surface area contributed by atoms with E-state index in [2.05, 4.69) is 4.90 Å². The van der Waals surface area contributed by atoms with Crippen LogP contribution in [0.15, 0.2) is 42.5 Å². The van der Waals surface area contributed by atoms with Crippen molar-refractivity contribution in [3.63, 3.8) is 0 Å². The molecule has 0 saturated carbocycles. The van der Waals surface area contributed by atoms with Crippen LogP contribution in [-0.4, -0.2) is 13.7 Å². The minimum absolute atomic E-state index is 0.161. The van der Waals surface area contributed by atoms with Crippen molar-refractivity contribution < 1.29 is 9.13 Å². The first-order chi connectivity index (χ1) is 10.1. The van der Waals surface area contributed by atoms with Gasteiger partial charge in [-0.05, 0) is 50.2 Å². The minimum Gasteiger partial charge on any atom is -0.496 e. The molecule has 0 radical (unpaired) electrons. The second kappa shape index (κ2) is 6.59. The Morgan fingerprint density at radius 2 is 1.86 bits per heavy atom. The number of rotatable bonds is 5. The summed E-state index contributed by atoms with van der Waals surface area (Å²) < 4.78 is 18.6. The molecule has 21 heavy (non-hydrogen) atoms. The average molecular weight is 288 g/mol. The highest BCUT2D eigenvalue weighted by Crippen LogP contribution is 2.36. The molecule has 0 fully saturated rings. The molecule has 1 atom stereocenters. The maximum atomic E-state index is 13.1. The van der Waals surface area contributed by atoms with E-state index in [-0.39, 0.29) is 11.9 Å². The van der Waals surface area contributed by atoms with Gasteiger partial charge in [-0.3, -0.25) is 0 Å². The standard InChI is InChI=1S/C17H21FN2O/c1-4-20(14-10-8-13(18)9-11-14)15-6-5-7-16(21-3)17(15)12(2)19/h5-12H,4,19H2,1-3H3. The van der Waals surface area contributed by atoms with Crippen molar-refractivity contribution >= 4 is 11.4 Å². The normalized spacial score (nSPS) is 12.0. The fourth-order valence-corrected chi connectivity index (χ4v) is 2.52. The summed E-state index contributed by atoms with van der Waals surface area (Å²) in [6.45, 7) is 4.73. The lowest BCUT2D eigenvalue weighted by Crippen LogP contribution is -2.20. The predicted octanol–water partition coefficient (Wildman–Crippen LogP) is 4.01. The first-order valence-corrected chi connectivity index (χ1v) is 7.04. The molecule has 4 heteroatoms. The number of nitrogens with zero attached hydrogens (tertiary/aromatic N) is 1. The Balaban J connectivity index is 2.54. The summed E-state index contributed by atoms with van der Waals surface area (Å²) in [5, 5.41) is 0. The van der Waals surface area contributed by atoms with Crippen LogP contribution in [0.1, 0.15) is 25.5 Å². The topological polar surface area (TPSA) is 38.5 Å². The van der Waals surface area contributed by atoms with E-state index < -0.39 is 0 Å². The second-order valence-electron chi connectivity index (χ2n) is 4.90. The Morgan fingerprint density at radius 3 is 2.38 bits per heavy atom. The van der Waals surface area contributed by atoms with Crippen LogP contribution in [-0.2, 0) is 0 Å². The maximum absolute atomic E-state index is 13.1. The molecule has 2 rings (SSSR count). The van der Waals surface area contributed by atoms with Crippen LogP contribution in [0, 0.1) is 5.82 Å². The van der Waals surface area contributed by atoms with Crippen molar-refractivity contribution in [2.45, 2.75) is 19.9 Å². The zero-order valence-corrected chi connectivity index (χ0v) is 12.6. The lowest BCUT2D eigenvalue weighted by molar-refractivity contribution is 0.407. The van der Waals surface area contributed by atoms with Crippen LogP contribution in [0.25, 0.3) is 0 Å². The summed E-state index contributed by atoms with van der Waals surface area (Å²) in [6.07, 6.45) is 0. The molecule has 112 valence electrons. The van der Waals surface area contributed by atoms with Crippen molar-refractivity contribution in [3.8, 4) is 5.75 Å². The number of anilines is 2. The summed E-state index contributed by atoms with van der Waals surface area (Å²) >= 11 is 0. The van der Waals surface area contributed by atoms with E-state index in [0.717, 1.165) is 29.2 Å². The van der Waals surface area contributed by atoms with Crippen LogP contribution in [0.2, 0.25) is 0 Å². The van der Waals surface area contributed by atoms with Gasteiger partial charge in [-0.1, -0.05) is 6.07 Å². The Bertz CT molecular complexity index is 596. The summed E-state index contributed by atoms with van der Waals surface area (Å²) in [4.78, 5) is 2.10. The lowest BCUT2D eigenvalue weighted by Gasteiger charge is -2.28. The van der Waals surface area contributed by atoms with Gasteiger partial charge in [0.05, 0.1) is 7.11 Å². The smallest absolute Gasteiger partial charge is 0.125 e. The highest BCUT2D eigenvalue weighted by atomic mass is 19.1. The number of nitrogens with two attached hydrogens (primary N) is 1. The summed E-state index contributed by atoms with van der Waals surface area (Å²) in [5.74, 6) is 0.524. The Kier molecular flexibility index (Phi) is 4.81. The van der Waals surface area contributed by atoms with Gasteiger partial charge >= 0.3 is 0 Å². The molecule has 0 aromatic heterocycles. The van der Waals surface area contributed by atoms with Crippen LogP contribution in [0.4, 0.5) is 15.8 Å². The van der Waals surface area contributed by atoms with E-state index in [1.165, 1.54) is 12.1 Å². The molecule has 0 aliphatic carbocycles. The first-order valence-electron chi connectivity index (χ1n) is 7.04. The van der Waals surface area contributed by atoms with Crippen molar-refractivity contribution in [2.24, 2.45) is 5.73 Å². The molecule has 3 nitrogen and oxygen atoms in total. The largest absolute Gasteiger partial charge is 0.496 e. The third-order valence-electron chi connectivity index (χ3n) is 3.46. The summed E-state index contributed by atoms with van der Waals surface area (Å²) in [7, 11) is 1.64. The maximum Gasteiger partial charge on any atom is 0.125 e.